The lowest BCUT2D eigenvalue weighted by Gasteiger charge is -2.66. The highest BCUT2D eigenvalue weighted by atomic mass is 32.2. The van der Waals surface area contributed by atoms with Crippen molar-refractivity contribution >= 4 is 11.9 Å². The van der Waals surface area contributed by atoms with Crippen molar-refractivity contribution in [3.8, 4) is 0 Å². The molecule has 2 spiro atoms. The number of alkyl halides is 3. The fraction of sp³-hybridized carbons (Fsp3) is 0.737. The lowest BCUT2D eigenvalue weighted by Crippen LogP contribution is -2.74. The SMILES string of the molecule is Cc1cc(C(F)(F)F)nc(C)c1SN1CC2(C1)CN(C1CC3(COC3)C1)C2. The van der Waals surface area contributed by atoms with E-state index in [2.05, 4.69) is 14.2 Å². The molecular formula is C19H24F3N3OS. The molecule has 4 nitrogen and oxygen atoms in total. The summed E-state index contributed by atoms with van der Waals surface area (Å²) in [7, 11) is 0. The van der Waals surface area contributed by atoms with Crippen molar-refractivity contribution in [1.29, 1.82) is 0 Å². The second-order valence-electron chi connectivity index (χ2n) is 9.09. The van der Waals surface area contributed by atoms with Gasteiger partial charge in [-0.25, -0.2) is 9.29 Å². The third-order valence-electron chi connectivity index (χ3n) is 6.61. The highest BCUT2D eigenvalue weighted by Gasteiger charge is 2.58. The van der Waals surface area contributed by atoms with Crippen LogP contribution in [0.15, 0.2) is 11.0 Å². The minimum atomic E-state index is -4.39. The molecule has 5 rings (SSSR count). The molecule has 4 heterocycles. The van der Waals surface area contributed by atoms with Gasteiger partial charge in [0.25, 0.3) is 0 Å². The Hall–Kier alpha value is -0.830. The minimum absolute atomic E-state index is 0.396. The van der Waals surface area contributed by atoms with E-state index >= 15 is 0 Å². The molecule has 1 aliphatic carbocycles. The molecule has 3 saturated heterocycles. The highest BCUT2D eigenvalue weighted by Crippen LogP contribution is 2.53. The lowest BCUT2D eigenvalue weighted by atomic mass is 9.61. The van der Waals surface area contributed by atoms with Crippen molar-refractivity contribution in [2.75, 3.05) is 39.4 Å². The summed E-state index contributed by atoms with van der Waals surface area (Å²) in [6.45, 7) is 9.65. The summed E-state index contributed by atoms with van der Waals surface area (Å²) in [6, 6.07) is 1.90. The van der Waals surface area contributed by atoms with Crippen molar-refractivity contribution < 1.29 is 17.9 Å². The molecule has 8 heteroatoms. The Kier molecular flexibility index (Phi) is 3.94. The molecule has 0 N–H and O–H groups in total. The van der Waals surface area contributed by atoms with Crippen molar-refractivity contribution in [3.63, 3.8) is 0 Å². The van der Waals surface area contributed by atoms with Gasteiger partial charge in [-0.15, -0.1) is 0 Å². The molecule has 4 aliphatic rings. The summed E-state index contributed by atoms with van der Waals surface area (Å²) in [5.41, 5.74) is 1.23. The van der Waals surface area contributed by atoms with Crippen LogP contribution >= 0.6 is 11.9 Å². The van der Waals surface area contributed by atoms with Gasteiger partial charge in [0, 0.05) is 47.9 Å². The second-order valence-corrected chi connectivity index (χ2v) is 10.2. The number of halogens is 3. The fourth-order valence-corrected chi connectivity index (χ4v) is 6.41. The molecule has 4 fully saturated rings. The van der Waals surface area contributed by atoms with Crippen molar-refractivity contribution in [2.24, 2.45) is 10.8 Å². The number of aryl methyl sites for hydroxylation is 2. The first-order valence-corrected chi connectivity index (χ1v) is 10.2. The summed E-state index contributed by atoms with van der Waals surface area (Å²) in [5, 5.41) is 0. The molecule has 0 amide bonds. The maximum atomic E-state index is 12.9. The van der Waals surface area contributed by atoms with E-state index in [1.165, 1.54) is 12.8 Å². The first kappa shape index (κ1) is 18.2. The maximum absolute atomic E-state index is 12.9. The van der Waals surface area contributed by atoms with Gasteiger partial charge in [0.2, 0.25) is 0 Å². The van der Waals surface area contributed by atoms with Gasteiger partial charge in [0.05, 0.1) is 18.9 Å². The molecule has 3 aliphatic heterocycles. The van der Waals surface area contributed by atoms with Gasteiger partial charge in [-0.05, 0) is 50.3 Å². The second kappa shape index (κ2) is 5.84. The molecule has 0 unspecified atom stereocenters. The van der Waals surface area contributed by atoms with Crippen LogP contribution in [0.1, 0.15) is 29.8 Å². The van der Waals surface area contributed by atoms with E-state index in [1.807, 2.05) is 0 Å². The molecule has 1 aromatic heterocycles. The quantitative estimate of drug-likeness (QED) is 0.726. The van der Waals surface area contributed by atoms with Crippen LogP contribution in [-0.4, -0.2) is 59.6 Å². The Balaban J connectivity index is 1.14. The van der Waals surface area contributed by atoms with Gasteiger partial charge >= 0.3 is 6.18 Å². The Labute approximate surface area is 161 Å². The van der Waals surface area contributed by atoms with E-state index in [1.54, 1.807) is 25.8 Å². The van der Waals surface area contributed by atoms with E-state index < -0.39 is 11.9 Å². The molecule has 0 atom stereocenters. The lowest BCUT2D eigenvalue weighted by molar-refractivity contribution is -0.211. The van der Waals surface area contributed by atoms with Crippen molar-refractivity contribution in [2.45, 2.75) is 43.8 Å². The maximum Gasteiger partial charge on any atom is 0.433 e. The third kappa shape index (κ3) is 2.99. The van der Waals surface area contributed by atoms with Gasteiger partial charge in [-0.3, -0.25) is 4.90 Å². The molecule has 148 valence electrons. The number of likely N-dealkylation sites (tertiary alicyclic amines) is 1. The Bertz CT molecular complexity index is 735. The number of ether oxygens (including phenoxy) is 1. The number of hydrogen-bond acceptors (Lipinski definition) is 5. The van der Waals surface area contributed by atoms with Crippen LogP contribution in [0.25, 0.3) is 0 Å². The molecular weight excluding hydrogens is 375 g/mol. The Morgan fingerprint density at radius 1 is 1.11 bits per heavy atom. The number of nitrogens with zero attached hydrogens (tertiary/aromatic N) is 3. The van der Waals surface area contributed by atoms with Crippen LogP contribution in [0, 0.1) is 24.7 Å². The molecule has 0 bridgehead atoms. The number of aromatic nitrogens is 1. The van der Waals surface area contributed by atoms with Crippen molar-refractivity contribution in [1.82, 2.24) is 14.2 Å². The zero-order chi connectivity index (χ0) is 19.0. The number of pyridine rings is 1. The average molecular weight is 399 g/mol. The molecule has 27 heavy (non-hydrogen) atoms. The van der Waals surface area contributed by atoms with Crippen LogP contribution in [0.4, 0.5) is 13.2 Å². The van der Waals surface area contributed by atoms with Gasteiger partial charge in [0.15, 0.2) is 0 Å². The monoisotopic (exact) mass is 399 g/mol. The summed E-state index contributed by atoms with van der Waals surface area (Å²) < 4.78 is 46.3. The Morgan fingerprint density at radius 3 is 2.30 bits per heavy atom. The molecule has 0 aromatic carbocycles. The van der Waals surface area contributed by atoms with E-state index in [0.717, 1.165) is 56.4 Å². The predicted octanol–water partition coefficient (Wildman–Crippen LogP) is 3.52. The largest absolute Gasteiger partial charge is 0.433 e. The predicted molar refractivity (Wildman–Crippen MR) is 96.4 cm³/mol. The van der Waals surface area contributed by atoms with Crippen LogP contribution in [-0.2, 0) is 10.9 Å². The van der Waals surface area contributed by atoms with E-state index in [-0.39, 0.29) is 0 Å². The van der Waals surface area contributed by atoms with Crippen LogP contribution in [0.3, 0.4) is 0 Å². The number of hydrogen-bond donors (Lipinski definition) is 0. The van der Waals surface area contributed by atoms with Gasteiger partial charge < -0.3 is 4.74 Å². The van der Waals surface area contributed by atoms with Gasteiger partial charge in [-0.2, -0.15) is 13.2 Å². The summed E-state index contributed by atoms with van der Waals surface area (Å²) in [6.07, 6.45) is -1.81. The van der Waals surface area contributed by atoms with E-state index in [0.29, 0.717) is 22.1 Å². The zero-order valence-corrected chi connectivity index (χ0v) is 16.4. The van der Waals surface area contributed by atoms with Crippen LogP contribution in [0.5, 0.6) is 0 Å². The van der Waals surface area contributed by atoms with Crippen molar-refractivity contribution in [3.05, 3.63) is 23.0 Å². The van der Waals surface area contributed by atoms with Crippen LogP contribution < -0.4 is 0 Å². The molecule has 1 aromatic rings. The third-order valence-corrected chi connectivity index (χ3v) is 7.93. The standard InChI is InChI=1S/C19H24F3N3OS/c1-12-3-15(19(20,21)22)23-13(2)16(12)27-25-8-18(9-25)6-24(7-18)14-4-17(5-14)10-26-11-17/h3,14H,4-11H2,1-2H3. The summed E-state index contributed by atoms with van der Waals surface area (Å²) in [5.74, 6) is 0. The smallest absolute Gasteiger partial charge is 0.380 e. The average Bonchev–Trinajstić information content (AvgIpc) is 2.40. The highest BCUT2D eigenvalue weighted by molar-refractivity contribution is 7.97. The summed E-state index contributed by atoms with van der Waals surface area (Å²) >= 11 is 1.56. The first-order valence-electron chi connectivity index (χ1n) is 9.47. The molecule has 0 radical (unpaired) electrons. The van der Waals surface area contributed by atoms with Gasteiger partial charge in [0.1, 0.15) is 5.69 Å². The zero-order valence-electron chi connectivity index (χ0n) is 15.6. The van der Waals surface area contributed by atoms with Crippen LogP contribution in [0.2, 0.25) is 0 Å². The normalized spacial score (nSPS) is 27.1. The van der Waals surface area contributed by atoms with E-state index in [4.69, 9.17) is 4.74 Å². The fourth-order valence-electron chi connectivity index (χ4n) is 5.10. The first-order chi connectivity index (χ1) is 12.7. The van der Waals surface area contributed by atoms with E-state index in [9.17, 15) is 13.2 Å². The number of rotatable bonds is 3. The van der Waals surface area contributed by atoms with Gasteiger partial charge in [-0.1, -0.05) is 0 Å². The topological polar surface area (TPSA) is 28.6 Å². The molecule has 1 saturated carbocycles. The summed E-state index contributed by atoms with van der Waals surface area (Å²) in [4.78, 5) is 7.25. The Morgan fingerprint density at radius 2 is 1.78 bits per heavy atom. The minimum Gasteiger partial charge on any atom is -0.380 e.